The topological polar surface area (TPSA) is 3.24 Å². The second kappa shape index (κ2) is 5.22. The standard InChI is InChI=1S/C20H25N/c1-15-10-11-16-12-13-21(17-8-6-5-7-9-17)19(18(16)14-15)20(2,3)4/h5-11,14,19H,12-13H2,1-4H3. The van der Waals surface area contributed by atoms with Crippen molar-refractivity contribution in [2.45, 2.75) is 40.2 Å². The average Bonchev–Trinajstić information content (AvgIpc) is 2.45. The van der Waals surface area contributed by atoms with E-state index in [4.69, 9.17) is 0 Å². The van der Waals surface area contributed by atoms with Crippen molar-refractivity contribution < 1.29 is 0 Å². The van der Waals surface area contributed by atoms with E-state index in [0.29, 0.717) is 6.04 Å². The number of fused-ring (bicyclic) bond motifs is 1. The van der Waals surface area contributed by atoms with Crippen molar-refractivity contribution in [1.82, 2.24) is 0 Å². The highest BCUT2D eigenvalue weighted by molar-refractivity contribution is 5.53. The zero-order valence-electron chi connectivity index (χ0n) is 13.6. The number of benzene rings is 2. The molecular formula is C20H25N. The minimum Gasteiger partial charge on any atom is -0.364 e. The molecule has 0 spiro atoms. The predicted octanol–water partition coefficient (Wildman–Crippen LogP) is 5.14. The molecule has 2 aromatic carbocycles. The molecule has 1 unspecified atom stereocenters. The van der Waals surface area contributed by atoms with Gasteiger partial charge in [0.2, 0.25) is 0 Å². The molecule has 0 amide bonds. The normalized spacial score (nSPS) is 18.5. The van der Waals surface area contributed by atoms with Crippen LogP contribution in [0.15, 0.2) is 48.5 Å². The largest absolute Gasteiger partial charge is 0.364 e. The van der Waals surface area contributed by atoms with E-state index >= 15 is 0 Å². The summed E-state index contributed by atoms with van der Waals surface area (Å²) in [7, 11) is 0. The van der Waals surface area contributed by atoms with Crippen LogP contribution in [0, 0.1) is 12.3 Å². The first-order valence-electron chi connectivity index (χ1n) is 7.88. The summed E-state index contributed by atoms with van der Waals surface area (Å²) in [6.45, 7) is 10.4. The number of para-hydroxylation sites is 1. The Labute approximate surface area is 128 Å². The van der Waals surface area contributed by atoms with Crippen LogP contribution in [0.5, 0.6) is 0 Å². The fraction of sp³-hybridized carbons (Fsp3) is 0.400. The van der Waals surface area contributed by atoms with Gasteiger partial charge in [-0.2, -0.15) is 0 Å². The van der Waals surface area contributed by atoms with Gasteiger partial charge >= 0.3 is 0 Å². The van der Waals surface area contributed by atoms with Crippen molar-refractivity contribution in [1.29, 1.82) is 0 Å². The van der Waals surface area contributed by atoms with Crippen molar-refractivity contribution >= 4 is 5.69 Å². The van der Waals surface area contributed by atoms with Crippen LogP contribution in [0.2, 0.25) is 0 Å². The van der Waals surface area contributed by atoms with Gasteiger partial charge in [-0.25, -0.2) is 0 Å². The zero-order chi connectivity index (χ0) is 15.0. The Balaban J connectivity index is 2.11. The molecule has 0 saturated carbocycles. The highest BCUT2D eigenvalue weighted by Gasteiger charge is 2.36. The average molecular weight is 279 g/mol. The van der Waals surface area contributed by atoms with Crippen LogP contribution >= 0.6 is 0 Å². The summed E-state index contributed by atoms with van der Waals surface area (Å²) in [6, 6.07) is 18.2. The van der Waals surface area contributed by atoms with Gasteiger partial charge in [-0.1, -0.05) is 62.7 Å². The molecule has 0 aliphatic carbocycles. The highest BCUT2D eigenvalue weighted by atomic mass is 15.2. The van der Waals surface area contributed by atoms with Gasteiger partial charge in [0.25, 0.3) is 0 Å². The maximum Gasteiger partial charge on any atom is 0.0593 e. The first-order chi connectivity index (χ1) is 9.97. The molecule has 0 saturated heterocycles. The SMILES string of the molecule is Cc1ccc2c(c1)C(C(C)(C)C)N(c1ccccc1)CC2. The summed E-state index contributed by atoms with van der Waals surface area (Å²) in [5.74, 6) is 0. The molecule has 0 aromatic heterocycles. The van der Waals surface area contributed by atoms with Crippen molar-refractivity contribution in [3.8, 4) is 0 Å². The maximum atomic E-state index is 2.59. The van der Waals surface area contributed by atoms with Gasteiger partial charge in [0.1, 0.15) is 0 Å². The fourth-order valence-corrected chi connectivity index (χ4v) is 3.57. The lowest BCUT2D eigenvalue weighted by Crippen LogP contribution is -2.42. The predicted molar refractivity (Wildman–Crippen MR) is 90.9 cm³/mol. The van der Waals surface area contributed by atoms with Crippen LogP contribution in [0.25, 0.3) is 0 Å². The minimum absolute atomic E-state index is 0.207. The molecule has 3 rings (SSSR count). The number of hydrogen-bond acceptors (Lipinski definition) is 1. The van der Waals surface area contributed by atoms with Gasteiger partial charge in [0.15, 0.2) is 0 Å². The van der Waals surface area contributed by atoms with Gasteiger partial charge in [0.05, 0.1) is 6.04 Å². The van der Waals surface area contributed by atoms with Crippen LogP contribution in [-0.2, 0) is 6.42 Å². The third-order valence-electron chi connectivity index (χ3n) is 4.44. The van der Waals surface area contributed by atoms with E-state index in [-0.39, 0.29) is 5.41 Å². The molecule has 110 valence electrons. The van der Waals surface area contributed by atoms with E-state index < -0.39 is 0 Å². The molecule has 1 heteroatoms. The van der Waals surface area contributed by atoms with E-state index in [2.05, 4.69) is 81.1 Å². The Morgan fingerprint density at radius 2 is 1.71 bits per heavy atom. The molecule has 0 radical (unpaired) electrons. The van der Waals surface area contributed by atoms with Crippen LogP contribution in [0.3, 0.4) is 0 Å². The zero-order valence-corrected chi connectivity index (χ0v) is 13.6. The van der Waals surface area contributed by atoms with E-state index in [1.807, 2.05) is 0 Å². The molecule has 1 aliphatic heterocycles. The smallest absolute Gasteiger partial charge is 0.0593 e. The summed E-state index contributed by atoms with van der Waals surface area (Å²) in [5.41, 5.74) is 5.94. The minimum atomic E-state index is 0.207. The lowest BCUT2D eigenvalue weighted by molar-refractivity contribution is 0.299. The van der Waals surface area contributed by atoms with Crippen molar-refractivity contribution in [2.24, 2.45) is 5.41 Å². The van der Waals surface area contributed by atoms with Crippen LogP contribution in [0.1, 0.15) is 43.5 Å². The molecular weight excluding hydrogens is 254 g/mol. The quantitative estimate of drug-likeness (QED) is 0.698. The molecule has 0 fully saturated rings. The lowest BCUT2D eigenvalue weighted by atomic mass is 9.76. The molecule has 0 bridgehead atoms. The van der Waals surface area contributed by atoms with Crippen molar-refractivity contribution in [2.75, 3.05) is 11.4 Å². The molecule has 21 heavy (non-hydrogen) atoms. The summed E-state index contributed by atoms with van der Waals surface area (Å²) in [6.07, 6.45) is 1.14. The first kappa shape index (κ1) is 14.2. The Hall–Kier alpha value is -1.76. The van der Waals surface area contributed by atoms with Gasteiger partial charge in [-0.3, -0.25) is 0 Å². The van der Waals surface area contributed by atoms with E-state index in [0.717, 1.165) is 13.0 Å². The third kappa shape index (κ3) is 2.70. The van der Waals surface area contributed by atoms with E-state index in [1.165, 1.54) is 22.4 Å². The summed E-state index contributed by atoms with van der Waals surface area (Å²) < 4.78 is 0. The lowest BCUT2D eigenvalue weighted by Gasteiger charge is -2.46. The molecule has 2 aromatic rings. The van der Waals surface area contributed by atoms with Crippen LogP contribution in [-0.4, -0.2) is 6.54 Å². The summed E-state index contributed by atoms with van der Waals surface area (Å²) >= 11 is 0. The van der Waals surface area contributed by atoms with Crippen molar-refractivity contribution in [3.05, 3.63) is 65.2 Å². The van der Waals surface area contributed by atoms with Crippen LogP contribution in [0.4, 0.5) is 5.69 Å². The summed E-state index contributed by atoms with van der Waals surface area (Å²) in [5, 5.41) is 0. The van der Waals surface area contributed by atoms with Gasteiger partial charge in [-0.05, 0) is 42.0 Å². The molecule has 1 aliphatic rings. The monoisotopic (exact) mass is 279 g/mol. The first-order valence-corrected chi connectivity index (χ1v) is 7.88. The Morgan fingerprint density at radius 1 is 1.00 bits per heavy atom. The third-order valence-corrected chi connectivity index (χ3v) is 4.44. The second-order valence-corrected chi connectivity index (χ2v) is 7.25. The number of rotatable bonds is 1. The Kier molecular flexibility index (Phi) is 3.52. The number of aryl methyl sites for hydroxylation is 1. The Bertz CT molecular complexity index is 622. The highest BCUT2D eigenvalue weighted by Crippen LogP contribution is 2.44. The van der Waals surface area contributed by atoms with Crippen molar-refractivity contribution in [3.63, 3.8) is 0 Å². The Morgan fingerprint density at radius 3 is 2.38 bits per heavy atom. The molecule has 0 N–H and O–H groups in total. The second-order valence-electron chi connectivity index (χ2n) is 7.25. The summed E-state index contributed by atoms with van der Waals surface area (Å²) in [4.78, 5) is 2.59. The molecule has 1 nitrogen and oxygen atoms in total. The number of nitrogens with zero attached hydrogens (tertiary/aromatic N) is 1. The van der Waals surface area contributed by atoms with Crippen LogP contribution < -0.4 is 4.90 Å². The van der Waals surface area contributed by atoms with E-state index in [9.17, 15) is 0 Å². The number of hydrogen-bond donors (Lipinski definition) is 0. The van der Waals surface area contributed by atoms with Gasteiger partial charge in [-0.15, -0.1) is 0 Å². The van der Waals surface area contributed by atoms with Gasteiger partial charge in [0, 0.05) is 12.2 Å². The van der Waals surface area contributed by atoms with E-state index in [1.54, 1.807) is 0 Å². The fourth-order valence-electron chi connectivity index (χ4n) is 3.57. The van der Waals surface area contributed by atoms with Gasteiger partial charge < -0.3 is 4.90 Å². The number of anilines is 1. The molecule has 1 atom stereocenters. The maximum absolute atomic E-state index is 2.59. The molecule has 1 heterocycles.